The van der Waals surface area contributed by atoms with Crippen molar-refractivity contribution < 1.29 is 19.1 Å². The lowest BCUT2D eigenvalue weighted by Gasteiger charge is -2.18. The van der Waals surface area contributed by atoms with Gasteiger partial charge in [0, 0.05) is 0 Å². The number of carbonyl (C=O) groups excluding carboxylic acids is 3. The maximum Gasteiger partial charge on any atom is 0.272 e. The molecule has 0 saturated carbocycles. The molecular formula is C21H23N3O4. The lowest BCUT2D eigenvalue weighted by atomic mass is 10.1. The molecule has 2 N–H and O–H groups in total. The van der Waals surface area contributed by atoms with Gasteiger partial charge in [-0.2, -0.15) is 0 Å². The van der Waals surface area contributed by atoms with Crippen LogP contribution in [0.1, 0.15) is 23.1 Å². The molecule has 2 aromatic rings. The number of rotatable bonds is 6. The highest BCUT2D eigenvalue weighted by Gasteiger charge is 2.40. The summed E-state index contributed by atoms with van der Waals surface area (Å²) in [6.07, 6.45) is -0.0227. The molecule has 7 nitrogen and oxygen atoms in total. The van der Waals surface area contributed by atoms with Gasteiger partial charge in [-0.05, 0) is 50.1 Å². The SMILES string of the molecule is Cc1cccc(OCC(=O)NNC2CC(=O)N(c3ccc(C)cc3C)C2=O)c1. The fourth-order valence-corrected chi connectivity index (χ4v) is 3.11. The van der Waals surface area contributed by atoms with Crippen LogP contribution in [-0.4, -0.2) is 30.4 Å². The number of benzene rings is 2. The monoisotopic (exact) mass is 381 g/mol. The molecule has 0 aliphatic carbocycles. The molecule has 146 valence electrons. The van der Waals surface area contributed by atoms with Crippen LogP contribution >= 0.6 is 0 Å². The van der Waals surface area contributed by atoms with Crippen molar-refractivity contribution in [2.45, 2.75) is 33.2 Å². The van der Waals surface area contributed by atoms with Gasteiger partial charge in [0.05, 0.1) is 12.1 Å². The number of nitrogens with zero attached hydrogens (tertiary/aromatic N) is 1. The quantitative estimate of drug-likeness (QED) is 0.590. The van der Waals surface area contributed by atoms with E-state index in [1.54, 1.807) is 12.1 Å². The van der Waals surface area contributed by atoms with Crippen LogP contribution < -0.4 is 20.5 Å². The molecule has 1 atom stereocenters. The Hall–Kier alpha value is -3.19. The summed E-state index contributed by atoms with van der Waals surface area (Å²) in [6.45, 7) is 5.53. The third-order valence-corrected chi connectivity index (χ3v) is 4.49. The summed E-state index contributed by atoms with van der Waals surface area (Å²) in [7, 11) is 0. The standard InChI is InChI=1S/C21H23N3O4/c1-13-5-4-6-16(10-13)28-12-19(25)23-22-17-11-20(26)24(21(17)27)18-8-7-14(2)9-15(18)3/h4-10,17,22H,11-12H2,1-3H3,(H,23,25). The first-order valence-electron chi connectivity index (χ1n) is 9.03. The smallest absolute Gasteiger partial charge is 0.272 e. The maximum absolute atomic E-state index is 12.6. The molecule has 1 aliphatic rings. The number of hydrazine groups is 1. The van der Waals surface area contributed by atoms with Gasteiger partial charge in [0.1, 0.15) is 11.8 Å². The van der Waals surface area contributed by atoms with Crippen molar-refractivity contribution in [2.75, 3.05) is 11.5 Å². The Morgan fingerprint density at radius 2 is 1.86 bits per heavy atom. The summed E-state index contributed by atoms with van der Waals surface area (Å²) in [5.41, 5.74) is 8.58. The molecule has 0 radical (unpaired) electrons. The maximum atomic E-state index is 12.6. The Morgan fingerprint density at radius 3 is 2.57 bits per heavy atom. The van der Waals surface area contributed by atoms with Crippen molar-refractivity contribution >= 4 is 23.4 Å². The van der Waals surface area contributed by atoms with Crippen molar-refractivity contribution in [3.63, 3.8) is 0 Å². The molecule has 28 heavy (non-hydrogen) atoms. The molecule has 1 fully saturated rings. The molecule has 2 aromatic carbocycles. The van der Waals surface area contributed by atoms with E-state index in [0.29, 0.717) is 11.4 Å². The van der Waals surface area contributed by atoms with Crippen LogP contribution in [0.25, 0.3) is 0 Å². The average Bonchev–Trinajstić information content (AvgIpc) is 2.92. The van der Waals surface area contributed by atoms with Crippen LogP contribution in [-0.2, 0) is 14.4 Å². The molecule has 1 heterocycles. The van der Waals surface area contributed by atoms with Crippen LogP contribution in [0, 0.1) is 20.8 Å². The van der Waals surface area contributed by atoms with Crippen molar-refractivity contribution in [2.24, 2.45) is 0 Å². The third-order valence-electron chi connectivity index (χ3n) is 4.49. The second kappa shape index (κ2) is 8.22. The van der Waals surface area contributed by atoms with Crippen molar-refractivity contribution in [3.05, 3.63) is 59.2 Å². The van der Waals surface area contributed by atoms with Gasteiger partial charge in [-0.3, -0.25) is 19.8 Å². The first-order valence-corrected chi connectivity index (χ1v) is 9.03. The van der Waals surface area contributed by atoms with Gasteiger partial charge in [0.2, 0.25) is 5.91 Å². The third kappa shape index (κ3) is 4.37. The zero-order valence-electron chi connectivity index (χ0n) is 16.1. The minimum atomic E-state index is -0.809. The fraction of sp³-hybridized carbons (Fsp3) is 0.286. The lowest BCUT2D eigenvalue weighted by Crippen LogP contribution is -2.49. The van der Waals surface area contributed by atoms with Gasteiger partial charge >= 0.3 is 0 Å². The topological polar surface area (TPSA) is 87.7 Å². The molecule has 0 aromatic heterocycles. The fourth-order valence-electron chi connectivity index (χ4n) is 3.11. The second-order valence-electron chi connectivity index (χ2n) is 6.91. The summed E-state index contributed by atoms with van der Waals surface area (Å²) < 4.78 is 5.41. The first-order chi connectivity index (χ1) is 13.3. The van der Waals surface area contributed by atoms with Crippen molar-refractivity contribution in [1.82, 2.24) is 10.9 Å². The van der Waals surface area contributed by atoms with Gasteiger partial charge < -0.3 is 4.74 Å². The normalized spacial score (nSPS) is 16.4. The van der Waals surface area contributed by atoms with Gasteiger partial charge in [-0.25, -0.2) is 10.3 Å². The molecule has 3 rings (SSSR count). The van der Waals surface area contributed by atoms with E-state index >= 15 is 0 Å². The number of hydrogen-bond donors (Lipinski definition) is 2. The Balaban J connectivity index is 1.56. The number of aryl methyl sites for hydroxylation is 3. The number of carbonyl (C=O) groups is 3. The largest absolute Gasteiger partial charge is 0.484 e. The Bertz CT molecular complexity index is 926. The van der Waals surface area contributed by atoms with E-state index < -0.39 is 17.9 Å². The number of nitrogens with one attached hydrogen (secondary N) is 2. The Kier molecular flexibility index (Phi) is 5.75. The lowest BCUT2D eigenvalue weighted by molar-refractivity contribution is -0.125. The highest BCUT2D eigenvalue weighted by Crippen LogP contribution is 2.26. The average molecular weight is 381 g/mol. The first kappa shape index (κ1) is 19.6. The van der Waals surface area contributed by atoms with Crippen LogP contribution in [0.2, 0.25) is 0 Å². The van der Waals surface area contributed by atoms with Crippen LogP contribution in [0.5, 0.6) is 5.75 Å². The highest BCUT2D eigenvalue weighted by atomic mass is 16.5. The summed E-state index contributed by atoms with van der Waals surface area (Å²) >= 11 is 0. The molecule has 1 unspecified atom stereocenters. The van der Waals surface area contributed by atoms with E-state index in [2.05, 4.69) is 10.9 Å². The van der Waals surface area contributed by atoms with Crippen molar-refractivity contribution in [3.8, 4) is 5.75 Å². The van der Waals surface area contributed by atoms with Crippen LogP contribution in [0.4, 0.5) is 5.69 Å². The van der Waals surface area contributed by atoms with Crippen molar-refractivity contribution in [1.29, 1.82) is 0 Å². The molecular weight excluding hydrogens is 358 g/mol. The number of ether oxygens (including phenoxy) is 1. The second-order valence-corrected chi connectivity index (χ2v) is 6.91. The van der Waals surface area contributed by atoms with E-state index in [1.807, 2.05) is 51.1 Å². The minimum absolute atomic E-state index is 0.0227. The molecule has 1 aliphatic heterocycles. The molecule has 0 bridgehead atoms. The summed E-state index contributed by atoms with van der Waals surface area (Å²) in [5, 5.41) is 0. The molecule has 3 amide bonds. The number of anilines is 1. The zero-order valence-corrected chi connectivity index (χ0v) is 16.1. The van der Waals surface area contributed by atoms with Gasteiger partial charge in [0.15, 0.2) is 6.61 Å². The number of amides is 3. The van der Waals surface area contributed by atoms with E-state index in [1.165, 1.54) is 4.90 Å². The van der Waals surface area contributed by atoms with E-state index in [0.717, 1.165) is 16.7 Å². The Labute approximate surface area is 163 Å². The zero-order chi connectivity index (χ0) is 20.3. The van der Waals surface area contributed by atoms with E-state index in [4.69, 9.17) is 4.74 Å². The predicted molar refractivity (Wildman–Crippen MR) is 105 cm³/mol. The van der Waals surface area contributed by atoms with Gasteiger partial charge in [-0.1, -0.05) is 29.8 Å². The Morgan fingerprint density at radius 1 is 1.11 bits per heavy atom. The van der Waals surface area contributed by atoms with Crippen LogP contribution in [0.15, 0.2) is 42.5 Å². The number of imide groups is 1. The summed E-state index contributed by atoms with van der Waals surface area (Å²) in [6, 6.07) is 12.1. The summed E-state index contributed by atoms with van der Waals surface area (Å²) in [4.78, 5) is 38.1. The molecule has 7 heteroatoms. The molecule has 1 saturated heterocycles. The predicted octanol–water partition coefficient (Wildman–Crippen LogP) is 1.94. The summed E-state index contributed by atoms with van der Waals surface area (Å²) in [5.74, 6) is -0.549. The highest BCUT2D eigenvalue weighted by molar-refractivity contribution is 6.22. The van der Waals surface area contributed by atoms with E-state index in [-0.39, 0.29) is 18.9 Å². The van der Waals surface area contributed by atoms with E-state index in [9.17, 15) is 14.4 Å². The number of hydrogen-bond acceptors (Lipinski definition) is 5. The molecule has 0 spiro atoms. The van der Waals surface area contributed by atoms with Gasteiger partial charge in [-0.15, -0.1) is 0 Å². The minimum Gasteiger partial charge on any atom is -0.484 e. The van der Waals surface area contributed by atoms with Crippen LogP contribution in [0.3, 0.4) is 0 Å². The van der Waals surface area contributed by atoms with Gasteiger partial charge in [0.25, 0.3) is 11.8 Å².